The Hall–Kier alpha value is -0.870. The molecule has 0 aliphatic rings. The Labute approximate surface area is 105 Å². The third kappa shape index (κ3) is 4.33. The van der Waals surface area contributed by atoms with Gasteiger partial charge >= 0.3 is 0 Å². The highest BCUT2D eigenvalue weighted by Crippen LogP contribution is 2.19. The van der Waals surface area contributed by atoms with Gasteiger partial charge in [0.25, 0.3) is 0 Å². The molecule has 5 heteroatoms. The molecule has 0 heterocycles. The predicted octanol–water partition coefficient (Wildman–Crippen LogP) is 3.42. The van der Waals surface area contributed by atoms with Crippen LogP contribution in [0.3, 0.4) is 0 Å². The van der Waals surface area contributed by atoms with Crippen LogP contribution in [0.4, 0.5) is 10.1 Å². The van der Waals surface area contributed by atoms with E-state index in [1.165, 1.54) is 12.1 Å². The van der Waals surface area contributed by atoms with Crippen molar-refractivity contribution in [2.24, 2.45) is 5.92 Å². The third-order valence-electron chi connectivity index (χ3n) is 1.85. The monoisotopic (exact) mass is 260 g/mol. The fraction of sp³-hybridized carbons (Fsp3) is 0.364. The second-order valence-corrected chi connectivity index (χ2v) is 4.67. The van der Waals surface area contributed by atoms with E-state index < -0.39 is 5.82 Å². The van der Waals surface area contributed by atoms with E-state index in [1.807, 2.05) is 0 Å². The Balaban J connectivity index is 2.53. The quantitative estimate of drug-likeness (QED) is 0.815. The average Bonchev–Trinajstić information content (AvgIpc) is 2.21. The van der Waals surface area contributed by atoms with Crippen molar-refractivity contribution < 1.29 is 4.39 Å². The van der Waals surface area contributed by atoms with Gasteiger partial charge in [0.1, 0.15) is 5.82 Å². The fourth-order valence-electron chi connectivity index (χ4n) is 1.05. The van der Waals surface area contributed by atoms with Crippen LogP contribution >= 0.6 is 23.8 Å². The van der Waals surface area contributed by atoms with Crippen molar-refractivity contribution in [3.63, 3.8) is 0 Å². The van der Waals surface area contributed by atoms with Gasteiger partial charge < -0.3 is 10.6 Å². The van der Waals surface area contributed by atoms with Gasteiger partial charge in [0.05, 0.1) is 5.02 Å². The molecule has 0 saturated heterocycles. The molecule has 0 unspecified atom stereocenters. The first kappa shape index (κ1) is 13.2. The lowest BCUT2D eigenvalue weighted by atomic mass is 10.2. The lowest BCUT2D eigenvalue weighted by molar-refractivity contribution is 0.626. The van der Waals surface area contributed by atoms with E-state index in [9.17, 15) is 4.39 Å². The Morgan fingerprint density at radius 3 is 2.75 bits per heavy atom. The number of halogens is 2. The van der Waals surface area contributed by atoms with Crippen molar-refractivity contribution in [2.75, 3.05) is 11.9 Å². The van der Waals surface area contributed by atoms with Crippen molar-refractivity contribution in [3.8, 4) is 0 Å². The molecular formula is C11H14ClFN2S. The van der Waals surface area contributed by atoms with Gasteiger partial charge in [-0.05, 0) is 36.3 Å². The Morgan fingerprint density at radius 2 is 2.19 bits per heavy atom. The predicted molar refractivity (Wildman–Crippen MR) is 70.5 cm³/mol. The molecule has 1 rings (SSSR count). The van der Waals surface area contributed by atoms with Crippen molar-refractivity contribution in [1.29, 1.82) is 0 Å². The second-order valence-electron chi connectivity index (χ2n) is 3.86. The Bertz CT molecular complexity index is 382. The molecular weight excluding hydrogens is 247 g/mol. The van der Waals surface area contributed by atoms with E-state index in [0.29, 0.717) is 16.7 Å². The second kappa shape index (κ2) is 6.01. The fourth-order valence-corrected chi connectivity index (χ4v) is 1.43. The van der Waals surface area contributed by atoms with Crippen molar-refractivity contribution >= 4 is 34.6 Å². The van der Waals surface area contributed by atoms with E-state index in [1.54, 1.807) is 6.07 Å². The number of nitrogens with one attached hydrogen (secondary N) is 2. The van der Waals surface area contributed by atoms with Crippen molar-refractivity contribution in [1.82, 2.24) is 5.32 Å². The molecule has 16 heavy (non-hydrogen) atoms. The van der Waals surface area contributed by atoms with Crippen LogP contribution in [0.2, 0.25) is 5.02 Å². The number of hydrogen-bond donors (Lipinski definition) is 2. The minimum atomic E-state index is -0.437. The minimum Gasteiger partial charge on any atom is -0.362 e. The number of rotatable bonds is 3. The van der Waals surface area contributed by atoms with Gasteiger partial charge in [-0.25, -0.2) is 4.39 Å². The number of thiocarbonyl (C=S) groups is 1. The van der Waals surface area contributed by atoms with E-state index in [-0.39, 0.29) is 5.02 Å². The third-order valence-corrected chi connectivity index (χ3v) is 2.38. The van der Waals surface area contributed by atoms with Crippen LogP contribution in [0, 0.1) is 11.7 Å². The maximum atomic E-state index is 12.9. The lowest BCUT2D eigenvalue weighted by Gasteiger charge is -2.12. The molecule has 2 nitrogen and oxygen atoms in total. The molecule has 0 bridgehead atoms. The topological polar surface area (TPSA) is 24.1 Å². The van der Waals surface area contributed by atoms with E-state index >= 15 is 0 Å². The summed E-state index contributed by atoms with van der Waals surface area (Å²) >= 11 is 10.7. The molecule has 0 amide bonds. The van der Waals surface area contributed by atoms with Gasteiger partial charge in [-0.3, -0.25) is 0 Å². The molecule has 88 valence electrons. The molecule has 0 spiro atoms. The van der Waals surface area contributed by atoms with Crippen molar-refractivity contribution in [3.05, 3.63) is 29.0 Å². The maximum Gasteiger partial charge on any atom is 0.170 e. The zero-order chi connectivity index (χ0) is 12.1. The van der Waals surface area contributed by atoms with Gasteiger partial charge in [0.2, 0.25) is 0 Å². The average molecular weight is 261 g/mol. The zero-order valence-corrected chi connectivity index (χ0v) is 10.8. The summed E-state index contributed by atoms with van der Waals surface area (Å²) in [5, 5.41) is 6.57. The summed E-state index contributed by atoms with van der Waals surface area (Å²) in [6.45, 7) is 4.97. The summed E-state index contributed by atoms with van der Waals surface area (Å²) in [5.41, 5.74) is 0.674. The Kier molecular flexibility index (Phi) is 4.96. The molecule has 0 atom stereocenters. The molecule has 2 N–H and O–H groups in total. The van der Waals surface area contributed by atoms with Crippen LogP contribution in [0.25, 0.3) is 0 Å². The van der Waals surface area contributed by atoms with Crippen LogP contribution in [0.15, 0.2) is 18.2 Å². The van der Waals surface area contributed by atoms with Gasteiger partial charge in [-0.2, -0.15) is 0 Å². The number of benzene rings is 1. The molecule has 0 radical (unpaired) electrons. The van der Waals surface area contributed by atoms with Gasteiger partial charge in [-0.1, -0.05) is 25.4 Å². The van der Waals surface area contributed by atoms with Gasteiger partial charge in [0.15, 0.2) is 5.11 Å². The molecule has 1 aromatic carbocycles. The zero-order valence-electron chi connectivity index (χ0n) is 9.18. The summed E-state index contributed by atoms with van der Waals surface area (Å²) in [6.07, 6.45) is 0. The smallest absolute Gasteiger partial charge is 0.170 e. The first-order valence-corrected chi connectivity index (χ1v) is 5.77. The highest BCUT2D eigenvalue weighted by Gasteiger charge is 2.02. The summed E-state index contributed by atoms with van der Waals surface area (Å²) in [6, 6.07) is 4.39. The molecule has 0 saturated carbocycles. The first-order valence-electron chi connectivity index (χ1n) is 4.99. The highest BCUT2D eigenvalue weighted by atomic mass is 35.5. The first-order chi connectivity index (χ1) is 7.49. The van der Waals surface area contributed by atoms with Crippen LogP contribution in [-0.2, 0) is 0 Å². The number of hydrogen-bond acceptors (Lipinski definition) is 1. The molecule has 0 aromatic heterocycles. The van der Waals surface area contributed by atoms with E-state index in [0.717, 1.165) is 6.54 Å². The normalized spacial score (nSPS) is 10.3. The SMILES string of the molecule is CC(C)CNC(=S)Nc1ccc(F)c(Cl)c1. The molecule has 0 fully saturated rings. The summed E-state index contributed by atoms with van der Waals surface area (Å²) < 4.78 is 12.9. The van der Waals surface area contributed by atoms with Crippen molar-refractivity contribution in [2.45, 2.75) is 13.8 Å². The summed E-state index contributed by atoms with van der Waals surface area (Å²) in [5.74, 6) is 0.0739. The molecule has 0 aliphatic heterocycles. The highest BCUT2D eigenvalue weighted by molar-refractivity contribution is 7.80. The molecule has 0 aliphatic carbocycles. The van der Waals surface area contributed by atoms with Crippen LogP contribution in [-0.4, -0.2) is 11.7 Å². The van der Waals surface area contributed by atoms with Gasteiger partial charge in [0, 0.05) is 12.2 Å². The standard InChI is InChI=1S/C11H14ClFN2S/c1-7(2)6-14-11(16)15-8-3-4-10(13)9(12)5-8/h3-5,7H,6H2,1-2H3,(H2,14,15,16). The summed E-state index contributed by atoms with van der Waals surface area (Å²) in [4.78, 5) is 0. The maximum absolute atomic E-state index is 12.9. The molecule has 1 aromatic rings. The van der Waals surface area contributed by atoms with Gasteiger partial charge in [-0.15, -0.1) is 0 Å². The van der Waals surface area contributed by atoms with Crippen LogP contribution in [0.5, 0.6) is 0 Å². The van der Waals surface area contributed by atoms with E-state index in [4.69, 9.17) is 23.8 Å². The van der Waals surface area contributed by atoms with Crippen LogP contribution in [0.1, 0.15) is 13.8 Å². The Morgan fingerprint density at radius 1 is 1.50 bits per heavy atom. The van der Waals surface area contributed by atoms with Crippen LogP contribution < -0.4 is 10.6 Å². The van der Waals surface area contributed by atoms with E-state index in [2.05, 4.69) is 24.5 Å². The largest absolute Gasteiger partial charge is 0.362 e. The minimum absolute atomic E-state index is 0.0802. The lowest BCUT2D eigenvalue weighted by Crippen LogP contribution is -2.31. The number of anilines is 1. The summed E-state index contributed by atoms with van der Waals surface area (Å²) in [7, 11) is 0.